The van der Waals surface area contributed by atoms with Gasteiger partial charge in [-0.25, -0.2) is 21.1 Å². The first-order valence-corrected chi connectivity index (χ1v) is 12.2. The van der Waals surface area contributed by atoms with E-state index in [4.69, 9.17) is 0 Å². The highest BCUT2D eigenvalue weighted by atomic mass is 32.2. The number of nitrogens with zero attached hydrogens (tertiary/aromatic N) is 2. The lowest BCUT2D eigenvalue weighted by Gasteiger charge is -2.31. The summed E-state index contributed by atoms with van der Waals surface area (Å²) in [6.07, 6.45) is 0.742. The van der Waals surface area contributed by atoms with Crippen LogP contribution < -0.4 is 0 Å². The molecule has 0 spiro atoms. The van der Waals surface area contributed by atoms with Gasteiger partial charge in [-0.15, -0.1) is 0 Å². The molecule has 0 aromatic heterocycles. The maximum Gasteiger partial charge on any atom is 0.253 e. The first-order chi connectivity index (χ1) is 13.6. The van der Waals surface area contributed by atoms with Gasteiger partial charge in [-0.2, -0.15) is 0 Å². The third-order valence-electron chi connectivity index (χ3n) is 5.12. The standard InChI is InChI=1S/C20H24N2O5S2/c1-21(2)29(26,27)19-10-8-16(9-11-19)20(23)22-14-12-18(13-15-22)28(24,25)17-6-4-3-5-7-17/h3-11,18H,12-15H2,1-2H3. The van der Waals surface area contributed by atoms with Gasteiger partial charge in [0.25, 0.3) is 5.91 Å². The summed E-state index contributed by atoms with van der Waals surface area (Å²) in [4.78, 5) is 14.8. The molecule has 7 nitrogen and oxygen atoms in total. The predicted molar refractivity (Wildman–Crippen MR) is 110 cm³/mol. The Kier molecular flexibility index (Phi) is 6.11. The minimum Gasteiger partial charge on any atom is -0.339 e. The molecule has 0 atom stereocenters. The third kappa shape index (κ3) is 4.36. The number of rotatable bonds is 5. The SMILES string of the molecule is CN(C)S(=O)(=O)c1ccc(C(=O)N2CCC(S(=O)(=O)c3ccccc3)CC2)cc1. The molecule has 2 aromatic rings. The Hall–Kier alpha value is -2.23. The molecule has 9 heteroatoms. The topological polar surface area (TPSA) is 91.8 Å². The molecule has 1 aliphatic heterocycles. The van der Waals surface area contributed by atoms with Crippen molar-refractivity contribution in [2.75, 3.05) is 27.2 Å². The molecule has 1 aliphatic rings. The van der Waals surface area contributed by atoms with E-state index in [9.17, 15) is 21.6 Å². The fourth-order valence-corrected chi connectivity index (χ4v) is 5.99. The van der Waals surface area contributed by atoms with E-state index in [-0.39, 0.29) is 10.8 Å². The van der Waals surface area contributed by atoms with Crippen molar-refractivity contribution >= 4 is 25.8 Å². The summed E-state index contributed by atoms with van der Waals surface area (Å²) in [6.45, 7) is 0.681. The van der Waals surface area contributed by atoms with Gasteiger partial charge in [-0.05, 0) is 49.2 Å². The fraction of sp³-hybridized carbons (Fsp3) is 0.350. The fourth-order valence-electron chi connectivity index (χ4n) is 3.33. The van der Waals surface area contributed by atoms with Crippen LogP contribution in [0.4, 0.5) is 0 Å². The largest absolute Gasteiger partial charge is 0.339 e. The van der Waals surface area contributed by atoms with Crippen molar-refractivity contribution in [1.82, 2.24) is 9.21 Å². The van der Waals surface area contributed by atoms with Crippen LogP contribution in [0.2, 0.25) is 0 Å². The Balaban J connectivity index is 1.68. The van der Waals surface area contributed by atoms with Crippen LogP contribution in [-0.2, 0) is 19.9 Å². The number of benzene rings is 2. The molecule has 1 fully saturated rings. The van der Waals surface area contributed by atoms with Gasteiger partial charge in [0.2, 0.25) is 10.0 Å². The molecule has 3 rings (SSSR count). The zero-order chi connectivity index (χ0) is 21.2. The number of hydrogen-bond acceptors (Lipinski definition) is 5. The smallest absolute Gasteiger partial charge is 0.253 e. The molecule has 0 N–H and O–H groups in total. The molecule has 0 saturated carbocycles. The molecule has 156 valence electrons. The molecule has 0 radical (unpaired) electrons. The van der Waals surface area contributed by atoms with Gasteiger partial charge in [-0.1, -0.05) is 18.2 Å². The average Bonchev–Trinajstić information content (AvgIpc) is 2.74. The summed E-state index contributed by atoms with van der Waals surface area (Å²) in [6, 6.07) is 14.2. The molecule has 1 saturated heterocycles. The van der Waals surface area contributed by atoms with Crippen molar-refractivity contribution in [2.24, 2.45) is 0 Å². The number of carbonyl (C=O) groups excluding carboxylic acids is 1. The van der Waals surface area contributed by atoms with Crippen LogP contribution in [0.5, 0.6) is 0 Å². The molecule has 0 unspecified atom stereocenters. The van der Waals surface area contributed by atoms with Crippen molar-refractivity contribution < 1.29 is 21.6 Å². The minimum atomic E-state index is -3.55. The van der Waals surface area contributed by atoms with E-state index in [1.54, 1.807) is 35.2 Å². The summed E-state index contributed by atoms with van der Waals surface area (Å²) in [5.41, 5.74) is 0.382. The molecular formula is C20H24N2O5S2. The van der Waals surface area contributed by atoms with Crippen LogP contribution in [0.3, 0.4) is 0 Å². The van der Waals surface area contributed by atoms with Crippen LogP contribution in [-0.4, -0.2) is 64.4 Å². The van der Waals surface area contributed by atoms with E-state index < -0.39 is 25.1 Å². The zero-order valence-corrected chi connectivity index (χ0v) is 18.0. The Bertz CT molecular complexity index is 1070. The van der Waals surface area contributed by atoms with E-state index in [0.717, 1.165) is 4.31 Å². The van der Waals surface area contributed by atoms with Gasteiger partial charge in [-0.3, -0.25) is 4.79 Å². The summed E-state index contributed by atoms with van der Waals surface area (Å²) < 4.78 is 50.9. The van der Waals surface area contributed by atoms with Crippen LogP contribution >= 0.6 is 0 Å². The van der Waals surface area contributed by atoms with E-state index in [0.29, 0.717) is 36.4 Å². The van der Waals surface area contributed by atoms with Crippen molar-refractivity contribution in [1.29, 1.82) is 0 Å². The lowest BCUT2D eigenvalue weighted by molar-refractivity contribution is 0.0725. The molecular weight excluding hydrogens is 412 g/mol. The number of sulfonamides is 1. The Labute approximate surface area is 171 Å². The molecule has 1 heterocycles. The van der Waals surface area contributed by atoms with Gasteiger partial charge in [0, 0.05) is 32.7 Å². The number of amides is 1. The highest BCUT2D eigenvalue weighted by Gasteiger charge is 2.33. The average molecular weight is 437 g/mol. The number of sulfone groups is 1. The first kappa shape index (κ1) is 21.5. The van der Waals surface area contributed by atoms with E-state index in [2.05, 4.69) is 0 Å². The lowest BCUT2D eigenvalue weighted by atomic mass is 10.1. The molecule has 29 heavy (non-hydrogen) atoms. The summed E-state index contributed by atoms with van der Waals surface area (Å²) in [5.74, 6) is -0.227. The zero-order valence-electron chi connectivity index (χ0n) is 16.4. The van der Waals surface area contributed by atoms with Crippen molar-refractivity contribution in [3.8, 4) is 0 Å². The van der Waals surface area contributed by atoms with Crippen LogP contribution in [0, 0.1) is 0 Å². The number of likely N-dealkylation sites (tertiary alicyclic amines) is 1. The maximum atomic E-state index is 12.8. The Morgan fingerprint density at radius 3 is 1.93 bits per heavy atom. The Morgan fingerprint density at radius 2 is 1.41 bits per heavy atom. The van der Waals surface area contributed by atoms with Crippen LogP contribution in [0.1, 0.15) is 23.2 Å². The summed E-state index contributed by atoms with van der Waals surface area (Å²) in [5, 5.41) is -0.512. The molecule has 0 aliphatic carbocycles. The van der Waals surface area contributed by atoms with Crippen LogP contribution in [0.15, 0.2) is 64.4 Å². The van der Waals surface area contributed by atoms with Gasteiger partial charge < -0.3 is 4.90 Å². The summed E-state index contributed by atoms with van der Waals surface area (Å²) >= 11 is 0. The Morgan fingerprint density at radius 1 is 0.862 bits per heavy atom. The minimum absolute atomic E-state index is 0.117. The lowest BCUT2D eigenvalue weighted by Crippen LogP contribution is -2.42. The monoisotopic (exact) mass is 436 g/mol. The second kappa shape index (κ2) is 8.25. The highest BCUT2D eigenvalue weighted by molar-refractivity contribution is 7.92. The third-order valence-corrected chi connectivity index (χ3v) is 9.23. The van der Waals surface area contributed by atoms with E-state index in [1.165, 1.54) is 38.4 Å². The number of piperidine rings is 1. The maximum absolute atomic E-state index is 12.8. The van der Waals surface area contributed by atoms with Crippen LogP contribution in [0.25, 0.3) is 0 Å². The summed E-state index contributed by atoms with van der Waals surface area (Å²) in [7, 11) is -4.07. The highest BCUT2D eigenvalue weighted by Crippen LogP contribution is 2.25. The van der Waals surface area contributed by atoms with E-state index >= 15 is 0 Å². The van der Waals surface area contributed by atoms with Crippen molar-refractivity contribution in [3.05, 3.63) is 60.2 Å². The number of hydrogen-bond donors (Lipinski definition) is 0. The molecule has 2 aromatic carbocycles. The van der Waals surface area contributed by atoms with Crippen molar-refractivity contribution in [2.45, 2.75) is 27.9 Å². The van der Waals surface area contributed by atoms with E-state index in [1.807, 2.05) is 0 Å². The van der Waals surface area contributed by atoms with Crippen molar-refractivity contribution in [3.63, 3.8) is 0 Å². The quantitative estimate of drug-likeness (QED) is 0.715. The number of carbonyl (C=O) groups is 1. The van der Waals surface area contributed by atoms with Gasteiger partial charge in [0.05, 0.1) is 15.0 Å². The normalized spacial score (nSPS) is 16.2. The molecule has 1 amide bonds. The second-order valence-corrected chi connectivity index (χ2v) is 11.5. The second-order valence-electron chi connectivity index (χ2n) is 7.16. The van der Waals surface area contributed by atoms with Gasteiger partial charge in [0.15, 0.2) is 9.84 Å². The predicted octanol–water partition coefficient (Wildman–Crippen LogP) is 2.02. The van der Waals surface area contributed by atoms with Gasteiger partial charge >= 0.3 is 0 Å². The van der Waals surface area contributed by atoms with Gasteiger partial charge in [0.1, 0.15) is 0 Å². The molecule has 0 bridgehead atoms. The first-order valence-electron chi connectivity index (χ1n) is 9.25.